The van der Waals surface area contributed by atoms with Crippen LogP contribution in [0.15, 0.2) is 64.3 Å². The fourth-order valence-electron chi connectivity index (χ4n) is 3.60. The molecule has 4 rings (SSSR count). The molecule has 7 heteroatoms. The van der Waals surface area contributed by atoms with E-state index in [1.807, 2.05) is 59.3 Å². The monoisotopic (exact) mass is 391 g/mol. The molecule has 29 heavy (non-hydrogen) atoms. The van der Waals surface area contributed by atoms with Crippen LogP contribution in [-0.2, 0) is 14.1 Å². The van der Waals surface area contributed by atoms with E-state index in [-0.39, 0.29) is 11.2 Å². The summed E-state index contributed by atoms with van der Waals surface area (Å²) in [6, 6.07) is 15.2. The lowest BCUT2D eigenvalue weighted by Gasteiger charge is -2.13. The van der Waals surface area contributed by atoms with Gasteiger partial charge in [0.15, 0.2) is 11.5 Å². The SMILES string of the molecule is COc1ccc(-n2cc3c(c2-c2ccccc2)c(=O)n(C)c(=O)n3C)cc1OC. The molecular weight excluding hydrogens is 370 g/mol. The summed E-state index contributed by atoms with van der Waals surface area (Å²) in [5.74, 6) is 1.18. The van der Waals surface area contributed by atoms with Gasteiger partial charge in [0.2, 0.25) is 0 Å². The Labute approximate surface area is 167 Å². The summed E-state index contributed by atoms with van der Waals surface area (Å²) in [4.78, 5) is 25.5. The van der Waals surface area contributed by atoms with Crippen molar-refractivity contribution in [1.82, 2.24) is 13.7 Å². The number of aryl methyl sites for hydroxylation is 1. The molecule has 0 saturated heterocycles. The van der Waals surface area contributed by atoms with Gasteiger partial charge in [-0.05, 0) is 17.7 Å². The predicted molar refractivity (Wildman–Crippen MR) is 112 cm³/mol. The van der Waals surface area contributed by atoms with Gasteiger partial charge in [-0.25, -0.2) is 4.79 Å². The Balaban J connectivity index is 2.15. The zero-order chi connectivity index (χ0) is 20.7. The first-order valence-electron chi connectivity index (χ1n) is 9.06. The molecule has 2 aromatic heterocycles. The molecule has 0 atom stereocenters. The second kappa shape index (κ2) is 7.01. The number of aromatic nitrogens is 3. The van der Waals surface area contributed by atoms with E-state index < -0.39 is 0 Å². The highest BCUT2D eigenvalue weighted by molar-refractivity contribution is 5.94. The lowest BCUT2D eigenvalue weighted by Crippen LogP contribution is -2.36. The smallest absolute Gasteiger partial charge is 0.330 e. The Bertz CT molecular complexity index is 1330. The van der Waals surface area contributed by atoms with Crippen LogP contribution >= 0.6 is 0 Å². The van der Waals surface area contributed by atoms with Crippen molar-refractivity contribution in [3.8, 4) is 28.4 Å². The molecule has 0 aliphatic rings. The Morgan fingerprint density at radius 3 is 2.17 bits per heavy atom. The number of ether oxygens (including phenoxy) is 2. The average molecular weight is 391 g/mol. The van der Waals surface area contributed by atoms with E-state index in [0.29, 0.717) is 28.1 Å². The van der Waals surface area contributed by atoms with Crippen molar-refractivity contribution < 1.29 is 9.47 Å². The summed E-state index contributed by atoms with van der Waals surface area (Å²) < 4.78 is 15.3. The molecule has 0 bridgehead atoms. The Morgan fingerprint density at radius 1 is 0.828 bits per heavy atom. The summed E-state index contributed by atoms with van der Waals surface area (Å²) in [6.45, 7) is 0. The molecule has 7 nitrogen and oxygen atoms in total. The molecule has 0 unspecified atom stereocenters. The molecule has 148 valence electrons. The van der Waals surface area contributed by atoms with Crippen LogP contribution in [0, 0.1) is 0 Å². The predicted octanol–water partition coefficient (Wildman–Crippen LogP) is 2.71. The number of benzene rings is 2. The first-order chi connectivity index (χ1) is 14.0. The summed E-state index contributed by atoms with van der Waals surface area (Å²) >= 11 is 0. The van der Waals surface area contributed by atoms with E-state index in [9.17, 15) is 9.59 Å². The molecule has 0 radical (unpaired) electrons. The summed E-state index contributed by atoms with van der Waals surface area (Å²) in [5, 5.41) is 0.482. The minimum Gasteiger partial charge on any atom is -0.493 e. The number of hydrogen-bond acceptors (Lipinski definition) is 4. The van der Waals surface area contributed by atoms with E-state index in [4.69, 9.17) is 9.47 Å². The van der Waals surface area contributed by atoms with E-state index >= 15 is 0 Å². The topological polar surface area (TPSA) is 67.4 Å². The van der Waals surface area contributed by atoms with Gasteiger partial charge in [0.05, 0.1) is 30.8 Å². The molecular formula is C22H21N3O4. The third-order valence-corrected chi connectivity index (χ3v) is 5.13. The van der Waals surface area contributed by atoms with Gasteiger partial charge in [0.1, 0.15) is 0 Å². The molecule has 2 aromatic carbocycles. The summed E-state index contributed by atoms with van der Waals surface area (Å²) in [7, 11) is 6.31. The van der Waals surface area contributed by atoms with Crippen LogP contribution in [0.1, 0.15) is 0 Å². The lowest BCUT2D eigenvalue weighted by molar-refractivity contribution is 0.355. The van der Waals surface area contributed by atoms with E-state index in [1.165, 1.54) is 11.6 Å². The molecule has 0 fully saturated rings. The number of nitrogens with zero attached hydrogens (tertiary/aromatic N) is 3. The summed E-state index contributed by atoms with van der Waals surface area (Å²) in [5.41, 5.74) is 2.23. The molecule has 0 N–H and O–H groups in total. The molecule has 4 aromatic rings. The fourth-order valence-corrected chi connectivity index (χ4v) is 3.60. The van der Waals surface area contributed by atoms with Crippen molar-refractivity contribution in [2.24, 2.45) is 14.1 Å². The highest BCUT2D eigenvalue weighted by Gasteiger charge is 2.20. The van der Waals surface area contributed by atoms with Crippen molar-refractivity contribution >= 4 is 10.9 Å². The van der Waals surface area contributed by atoms with Gasteiger partial charge in [0.25, 0.3) is 5.56 Å². The Morgan fingerprint density at radius 2 is 1.52 bits per heavy atom. The van der Waals surface area contributed by atoms with Gasteiger partial charge in [0, 0.05) is 32.0 Å². The number of hydrogen-bond donors (Lipinski definition) is 0. The second-order valence-corrected chi connectivity index (χ2v) is 6.72. The third-order valence-electron chi connectivity index (χ3n) is 5.13. The van der Waals surface area contributed by atoms with Crippen LogP contribution in [0.3, 0.4) is 0 Å². The van der Waals surface area contributed by atoms with Gasteiger partial charge in [-0.1, -0.05) is 30.3 Å². The van der Waals surface area contributed by atoms with Gasteiger partial charge < -0.3 is 14.0 Å². The fraction of sp³-hybridized carbons (Fsp3) is 0.182. The Hall–Kier alpha value is -3.74. The molecule has 0 amide bonds. The Kier molecular flexibility index (Phi) is 4.50. The second-order valence-electron chi connectivity index (χ2n) is 6.72. The van der Waals surface area contributed by atoms with Gasteiger partial charge >= 0.3 is 5.69 Å². The minimum atomic E-state index is -0.369. The van der Waals surface area contributed by atoms with Crippen LogP contribution in [0.5, 0.6) is 11.5 Å². The van der Waals surface area contributed by atoms with Gasteiger partial charge in [-0.3, -0.25) is 13.9 Å². The largest absolute Gasteiger partial charge is 0.493 e. The lowest BCUT2D eigenvalue weighted by atomic mass is 10.1. The molecule has 0 saturated carbocycles. The number of rotatable bonds is 4. The van der Waals surface area contributed by atoms with Crippen molar-refractivity contribution in [2.45, 2.75) is 0 Å². The quantitative estimate of drug-likeness (QED) is 0.537. The normalized spacial score (nSPS) is 11.0. The van der Waals surface area contributed by atoms with Crippen molar-refractivity contribution in [3.63, 3.8) is 0 Å². The van der Waals surface area contributed by atoms with Crippen molar-refractivity contribution in [2.75, 3.05) is 14.2 Å². The minimum absolute atomic E-state index is 0.332. The maximum atomic E-state index is 13.1. The first kappa shape index (κ1) is 18.6. The van der Waals surface area contributed by atoms with Crippen LogP contribution < -0.4 is 20.7 Å². The highest BCUT2D eigenvalue weighted by atomic mass is 16.5. The van der Waals surface area contributed by atoms with Crippen molar-refractivity contribution in [3.05, 3.63) is 75.6 Å². The van der Waals surface area contributed by atoms with Gasteiger partial charge in [-0.15, -0.1) is 0 Å². The maximum absolute atomic E-state index is 13.1. The molecule has 0 aliphatic heterocycles. The average Bonchev–Trinajstić information content (AvgIpc) is 3.17. The van der Waals surface area contributed by atoms with Crippen LogP contribution in [0.4, 0.5) is 0 Å². The van der Waals surface area contributed by atoms with E-state index in [2.05, 4.69) is 0 Å². The molecule has 2 heterocycles. The summed E-state index contributed by atoms with van der Waals surface area (Å²) in [6.07, 6.45) is 1.81. The van der Waals surface area contributed by atoms with Gasteiger partial charge in [-0.2, -0.15) is 0 Å². The number of fused-ring (bicyclic) bond motifs is 1. The zero-order valence-electron chi connectivity index (χ0n) is 16.7. The highest BCUT2D eigenvalue weighted by Crippen LogP contribution is 2.34. The van der Waals surface area contributed by atoms with E-state index in [0.717, 1.165) is 15.8 Å². The third kappa shape index (κ3) is 2.82. The van der Waals surface area contributed by atoms with Crippen molar-refractivity contribution in [1.29, 1.82) is 0 Å². The maximum Gasteiger partial charge on any atom is 0.330 e. The van der Waals surface area contributed by atoms with Crippen LogP contribution in [0.25, 0.3) is 27.8 Å². The molecule has 0 spiro atoms. The zero-order valence-corrected chi connectivity index (χ0v) is 16.7. The number of methoxy groups -OCH3 is 2. The van der Waals surface area contributed by atoms with E-state index in [1.54, 1.807) is 21.3 Å². The molecule has 0 aliphatic carbocycles. The standard InChI is InChI=1S/C22H21N3O4/c1-23-16-13-25(15-10-11-17(28-3)18(12-15)29-4)20(14-8-6-5-7-9-14)19(16)21(26)24(2)22(23)27/h5-13H,1-4H3. The van der Waals surface area contributed by atoms with Crippen LogP contribution in [0.2, 0.25) is 0 Å². The van der Waals surface area contributed by atoms with Crippen LogP contribution in [-0.4, -0.2) is 27.9 Å². The first-order valence-corrected chi connectivity index (χ1v) is 9.06.